The number of aliphatic hydroxyl groups is 1. The number of sulfone groups is 1. The van der Waals surface area contributed by atoms with Crippen LogP contribution in [0.15, 0.2) is 47.4 Å². The van der Waals surface area contributed by atoms with E-state index in [-0.39, 0.29) is 22.9 Å². The van der Waals surface area contributed by atoms with Gasteiger partial charge in [0.2, 0.25) is 5.91 Å². The molecule has 12 heteroatoms. The van der Waals surface area contributed by atoms with Crippen LogP contribution in [0.2, 0.25) is 0 Å². The van der Waals surface area contributed by atoms with Crippen LogP contribution in [0, 0.1) is 11.3 Å². The number of halogens is 3. The van der Waals surface area contributed by atoms with Gasteiger partial charge in [-0.15, -0.1) is 0 Å². The quantitative estimate of drug-likeness (QED) is 0.616. The van der Waals surface area contributed by atoms with Gasteiger partial charge in [-0.05, 0) is 47.9 Å². The number of nitrogens with zero attached hydrogens (tertiary/aromatic N) is 2. The highest BCUT2D eigenvalue weighted by molar-refractivity contribution is 7.91. The summed E-state index contributed by atoms with van der Waals surface area (Å²) in [5.74, 6) is -1.47. The lowest BCUT2D eigenvalue weighted by Gasteiger charge is -2.27. The lowest BCUT2D eigenvalue weighted by atomic mass is 9.95. The van der Waals surface area contributed by atoms with E-state index >= 15 is 0 Å². The van der Waals surface area contributed by atoms with Crippen LogP contribution in [-0.2, 0) is 31.6 Å². The number of fused-ring (bicyclic) bond motifs is 1. The molecular weight excluding hydrogens is 487 g/mol. The summed E-state index contributed by atoms with van der Waals surface area (Å²) < 4.78 is 63.7. The minimum atomic E-state index is -4.91. The van der Waals surface area contributed by atoms with Gasteiger partial charge in [0, 0.05) is 12.2 Å². The Kier molecular flexibility index (Phi) is 6.97. The molecule has 0 spiro atoms. The summed E-state index contributed by atoms with van der Waals surface area (Å²) in [7, 11) is -3.54. The van der Waals surface area contributed by atoms with Gasteiger partial charge in [-0.3, -0.25) is 9.59 Å². The molecular formula is C23H22F3N3O5S. The summed E-state index contributed by atoms with van der Waals surface area (Å²) >= 11 is 0. The van der Waals surface area contributed by atoms with Gasteiger partial charge in [-0.1, -0.05) is 25.1 Å². The molecule has 0 saturated heterocycles. The van der Waals surface area contributed by atoms with E-state index in [0.29, 0.717) is 18.1 Å². The van der Waals surface area contributed by atoms with E-state index in [1.54, 1.807) is 6.07 Å². The van der Waals surface area contributed by atoms with Gasteiger partial charge >= 0.3 is 6.18 Å². The van der Waals surface area contributed by atoms with E-state index in [2.05, 4.69) is 5.32 Å². The van der Waals surface area contributed by atoms with Crippen LogP contribution in [0.4, 0.5) is 18.9 Å². The smallest absolute Gasteiger partial charge is 0.376 e. The molecule has 35 heavy (non-hydrogen) atoms. The highest BCUT2D eigenvalue weighted by Gasteiger charge is 2.51. The lowest BCUT2D eigenvalue weighted by molar-refractivity contribution is -0.258. The number of amides is 2. The zero-order valence-electron chi connectivity index (χ0n) is 18.8. The molecule has 2 aromatic carbocycles. The molecule has 1 aliphatic heterocycles. The van der Waals surface area contributed by atoms with Crippen LogP contribution >= 0.6 is 0 Å². The number of hydrogen-bond acceptors (Lipinski definition) is 6. The third-order valence-electron chi connectivity index (χ3n) is 5.87. The molecule has 2 amide bonds. The van der Waals surface area contributed by atoms with Crippen LogP contribution < -0.4 is 5.32 Å². The van der Waals surface area contributed by atoms with Gasteiger partial charge in [0.25, 0.3) is 5.91 Å². The van der Waals surface area contributed by atoms with Crippen molar-refractivity contribution in [3.8, 4) is 6.07 Å². The Morgan fingerprint density at radius 3 is 2.37 bits per heavy atom. The molecule has 0 saturated carbocycles. The normalized spacial score (nSPS) is 17.3. The number of nitriles is 1. The van der Waals surface area contributed by atoms with Crippen molar-refractivity contribution in [2.75, 3.05) is 11.1 Å². The summed E-state index contributed by atoms with van der Waals surface area (Å²) in [6.07, 6.45) is -5.41. The summed E-state index contributed by atoms with van der Waals surface area (Å²) in [6.45, 7) is 2.01. The van der Waals surface area contributed by atoms with Gasteiger partial charge < -0.3 is 15.3 Å². The number of hydrogen-bond donors (Lipinski definition) is 2. The van der Waals surface area contributed by atoms with Crippen LogP contribution in [0.25, 0.3) is 0 Å². The van der Waals surface area contributed by atoms with E-state index in [4.69, 9.17) is 5.26 Å². The minimum Gasteiger partial charge on any atom is -0.376 e. The molecule has 2 unspecified atom stereocenters. The van der Waals surface area contributed by atoms with Crippen LogP contribution in [0.1, 0.15) is 43.0 Å². The van der Waals surface area contributed by atoms with Gasteiger partial charge in [0.05, 0.1) is 16.7 Å². The van der Waals surface area contributed by atoms with Crippen molar-refractivity contribution in [3.05, 3.63) is 59.2 Å². The minimum absolute atomic E-state index is 0.0415. The van der Waals surface area contributed by atoms with Crippen molar-refractivity contribution < 1.29 is 36.3 Å². The van der Waals surface area contributed by atoms with E-state index in [1.807, 2.05) is 0 Å². The molecule has 2 aromatic rings. The summed E-state index contributed by atoms with van der Waals surface area (Å²) in [4.78, 5) is 26.9. The Hall–Kier alpha value is -3.43. The average molecular weight is 510 g/mol. The van der Waals surface area contributed by atoms with E-state index in [0.717, 1.165) is 17.0 Å². The zero-order valence-corrected chi connectivity index (χ0v) is 19.6. The molecule has 0 bridgehead atoms. The summed E-state index contributed by atoms with van der Waals surface area (Å²) in [6, 6.07) is 9.11. The topological polar surface area (TPSA) is 128 Å². The Morgan fingerprint density at radius 1 is 1.20 bits per heavy atom. The van der Waals surface area contributed by atoms with Gasteiger partial charge in [0.1, 0.15) is 12.5 Å². The summed E-state index contributed by atoms with van der Waals surface area (Å²) in [5.41, 5.74) is -2.59. The van der Waals surface area contributed by atoms with Crippen molar-refractivity contribution in [2.45, 2.75) is 49.5 Å². The second-order valence-electron chi connectivity index (χ2n) is 8.16. The molecule has 186 valence electrons. The van der Waals surface area contributed by atoms with Crippen molar-refractivity contribution in [1.29, 1.82) is 5.26 Å². The second kappa shape index (κ2) is 9.31. The predicted octanol–water partition coefficient (Wildman–Crippen LogP) is 3.19. The molecule has 0 aliphatic carbocycles. The maximum absolute atomic E-state index is 13.1. The number of carbonyl (C=O) groups excluding carboxylic acids is 2. The van der Waals surface area contributed by atoms with Crippen LogP contribution in [0.3, 0.4) is 0 Å². The molecule has 2 N–H and O–H groups in total. The van der Waals surface area contributed by atoms with Gasteiger partial charge in [0.15, 0.2) is 15.4 Å². The Labute approximate surface area is 199 Å². The Balaban J connectivity index is 1.92. The first-order valence-corrected chi connectivity index (χ1v) is 12.1. The van der Waals surface area contributed by atoms with Crippen LogP contribution in [-0.4, -0.2) is 42.2 Å². The second-order valence-corrected chi connectivity index (χ2v) is 10.4. The lowest BCUT2D eigenvalue weighted by Crippen LogP contribution is -2.39. The molecule has 3 rings (SSSR count). The standard InChI is InChI=1S/C23H22F3N3O5S/c1-3-35(33,34)17-8-9-18-14(12-17)13-29(19(30)10-11-27)20(18)21(31)28-16-6-4-15(5-7-16)22(2,32)23(24,25)26/h4-9,12,20,32H,3,10,13H2,1-2H3,(H,28,31). The number of carbonyl (C=O) groups is 2. The highest BCUT2D eigenvalue weighted by atomic mass is 32.2. The Morgan fingerprint density at radius 2 is 1.83 bits per heavy atom. The number of nitrogens with one attached hydrogen (secondary N) is 1. The maximum atomic E-state index is 13.1. The molecule has 8 nitrogen and oxygen atoms in total. The van der Waals surface area contributed by atoms with E-state index in [1.165, 1.54) is 37.3 Å². The molecule has 1 aliphatic rings. The first kappa shape index (κ1) is 26.2. The van der Waals surface area contributed by atoms with Gasteiger partial charge in [-0.2, -0.15) is 18.4 Å². The fourth-order valence-corrected chi connectivity index (χ4v) is 4.66. The first-order chi connectivity index (χ1) is 16.2. The molecule has 0 aromatic heterocycles. The molecule has 0 fully saturated rings. The molecule has 1 heterocycles. The maximum Gasteiger partial charge on any atom is 0.421 e. The zero-order chi connectivity index (χ0) is 26.2. The van der Waals surface area contributed by atoms with Crippen molar-refractivity contribution in [2.24, 2.45) is 0 Å². The number of benzene rings is 2. The number of alkyl halides is 3. The van der Waals surface area contributed by atoms with E-state index in [9.17, 15) is 36.3 Å². The number of rotatable bonds is 6. The number of anilines is 1. The average Bonchev–Trinajstić information content (AvgIpc) is 3.18. The van der Waals surface area contributed by atoms with E-state index < -0.39 is 51.5 Å². The molecule has 0 radical (unpaired) electrons. The van der Waals surface area contributed by atoms with Crippen LogP contribution in [0.5, 0.6) is 0 Å². The fraction of sp³-hybridized carbons (Fsp3) is 0.348. The monoisotopic (exact) mass is 509 g/mol. The first-order valence-electron chi connectivity index (χ1n) is 10.5. The molecule has 2 atom stereocenters. The van der Waals surface area contributed by atoms with Gasteiger partial charge in [-0.25, -0.2) is 8.42 Å². The third kappa shape index (κ3) is 5.01. The highest BCUT2D eigenvalue weighted by Crippen LogP contribution is 2.39. The fourth-order valence-electron chi connectivity index (χ4n) is 3.73. The largest absolute Gasteiger partial charge is 0.421 e. The Bertz CT molecular complexity index is 1300. The predicted molar refractivity (Wildman–Crippen MR) is 118 cm³/mol. The van der Waals surface area contributed by atoms with Crippen molar-refractivity contribution in [1.82, 2.24) is 4.90 Å². The SMILES string of the molecule is CCS(=O)(=O)c1ccc2c(c1)CN(C(=O)CC#N)C2C(=O)Nc1ccc(C(C)(O)C(F)(F)F)cc1. The third-order valence-corrected chi connectivity index (χ3v) is 7.60. The summed E-state index contributed by atoms with van der Waals surface area (Å²) in [5, 5.41) is 21.3. The van der Waals surface area contributed by atoms with Crippen molar-refractivity contribution in [3.63, 3.8) is 0 Å². The van der Waals surface area contributed by atoms with Crippen molar-refractivity contribution >= 4 is 27.3 Å².